The van der Waals surface area contributed by atoms with Gasteiger partial charge in [0.2, 0.25) is 0 Å². The van der Waals surface area contributed by atoms with Gasteiger partial charge in [-0.1, -0.05) is 44.2 Å². The molecule has 2 heterocycles. The standard InChI is InChI=1S/C24H32N6O/c1-19(2)17-23(29-15-13-28(14-16-29)21-7-5-4-6-8-21)24-25-26-27-30(24)18-20-9-11-22(31-3)12-10-20/h4-12,19,23H,13-18H2,1-3H3/t23-/m1/s1. The number of para-hydroxylation sites is 1. The zero-order chi connectivity index (χ0) is 21.6. The van der Waals surface area contributed by atoms with Gasteiger partial charge in [0.1, 0.15) is 5.75 Å². The molecule has 0 amide bonds. The van der Waals surface area contributed by atoms with Crippen LogP contribution in [0.1, 0.15) is 37.7 Å². The smallest absolute Gasteiger partial charge is 0.168 e. The molecule has 3 aromatic rings. The molecular weight excluding hydrogens is 388 g/mol. The molecule has 7 nitrogen and oxygen atoms in total. The van der Waals surface area contributed by atoms with Crippen LogP contribution in [0.15, 0.2) is 54.6 Å². The van der Waals surface area contributed by atoms with Crippen LogP contribution in [0.25, 0.3) is 0 Å². The number of piperazine rings is 1. The van der Waals surface area contributed by atoms with E-state index < -0.39 is 0 Å². The SMILES string of the molecule is COc1ccc(Cn2nnnc2[C@@H](CC(C)C)N2CCN(c3ccccc3)CC2)cc1. The Morgan fingerprint density at radius 3 is 2.29 bits per heavy atom. The second-order valence-electron chi connectivity index (χ2n) is 8.55. The van der Waals surface area contributed by atoms with Gasteiger partial charge in [0.25, 0.3) is 0 Å². The maximum absolute atomic E-state index is 5.27. The van der Waals surface area contributed by atoms with Gasteiger partial charge in [-0.15, -0.1) is 5.10 Å². The van der Waals surface area contributed by atoms with Crippen LogP contribution in [0, 0.1) is 5.92 Å². The summed E-state index contributed by atoms with van der Waals surface area (Å²) in [7, 11) is 1.68. The Bertz CT molecular complexity index is 932. The van der Waals surface area contributed by atoms with E-state index in [4.69, 9.17) is 4.74 Å². The summed E-state index contributed by atoms with van der Waals surface area (Å²) >= 11 is 0. The van der Waals surface area contributed by atoms with E-state index in [1.54, 1.807) is 7.11 Å². The first-order valence-electron chi connectivity index (χ1n) is 11.1. The van der Waals surface area contributed by atoms with Crippen LogP contribution < -0.4 is 9.64 Å². The van der Waals surface area contributed by atoms with Crippen LogP contribution >= 0.6 is 0 Å². The number of tetrazole rings is 1. The van der Waals surface area contributed by atoms with E-state index in [2.05, 4.69) is 81.6 Å². The Kier molecular flexibility index (Phi) is 6.82. The van der Waals surface area contributed by atoms with Crippen molar-refractivity contribution in [1.82, 2.24) is 25.1 Å². The summed E-state index contributed by atoms with van der Waals surface area (Å²) in [5.41, 5.74) is 2.46. The number of ether oxygens (including phenoxy) is 1. The number of hydrogen-bond acceptors (Lipinski definition) is 6. The van der Waals surface area contributed by atoms with E-state index in [0.29, 0.717) is 12.5 Å². The molecular formula is C24H32N6O. The molecule has 0 unspecified atom stereocenters. The lowest BCUT2D eigenvalue weighted by molar-refractivity contribution is 0.153. The van der Waals surface area contributed by atoms with Crippen molar-refractivity contribution in [2.24, 2.45) is 5.92 Å². The number of aromatic nitrogens is 4. The fourth-order valence-electron chi connectivity index (χ4n) is 4.26. The van der Waals surface area contributed by atoms with Gasteiger partial charge in [-0.2, -0.15) is 0 Å². The highest BCUT2D eigenvalue weighted by atomic mass is 16.5. The lowest BCUT2D eigenvalue weighted by atomic mass is 10.0. The molecule has 1 aliphatic rings. The zero-order valence-corrected chi connectivity index (χ0v) is 18.7. The fourth-order valence-corrected chi connectivity index (χ4v) is 4.26. The van der Waals surface area contributed by atoms with Crippen molar-refractivity contribution in [2.75, 3.05) is 38.2 Å². The van der Waals surface area contributed by atoms with Crippen LogP contribution in [0.4, 0.5) is 5.69 Å². The predicted molar refractivity (Wildman–Crippen MR) is 122 cm³/mol. The third kappa shape index (κ3) is 5.22. The molecule has 0 spiro atoms. The third-order valence-corrected chi connectivity index (χ3v) is 5.92. The third-order valence-electron chi connectivity index (χ3n) is 5.92. The Labute approximate surface area is 184 Å². The molecule has 1 fully saturated rings. The summed E-state index contributed by atoms with van der Waals surface area (Å²) in [6.07, 6.45) is 1.04. The summed E-state index contributed by atoms with van der Waals surface area (Å²) in [6, 6.07) is 19.0. The van der Waals surface area contributed by atoms with Gasteiger partial charge in [-0.05, 0) is 52.6 Å². The minimum atomic E-state index is 0.214. The second kappa shape index (κ2) is 9.92. The van der Waals surface area contributed by atoms with Crippen LogP contribution in [-0.4, -0.2) is 58.4 Å². The second-order valence-corrected chi connectivity index (χ2v) is 8.55. The highest BCUT2D eigenvalue weighted by molar-refractivity contribution is 5.46. The van der Waals surface area contributed by atoms with Crippen molar-refractivity contribution in [3.63, 3.8) is 0 Å². The molecule has 1 aromatic heterocycles. The van der Waals surface area contributed by atoms with E-state index in [1.807, 2.05) is 16.8 Å². The van der Waals surface area contributed by atoms with Crippen LogP contribution in [-0.2, 0) is 6.54 Å². The Morgan fingerprint density at radius 2 is 1.65 bits per heavy atom. The van der Waals surface area contributed by atoms with E-state index in [-0.39, 0.29) is 6.04 Å². The number of benzene rings is 2. The average molecular weight is 421 g/mol. The molecule has 0 aliphatic carbocycles. The van der Waals surface area contributed by atoms with Gasteiger partial charge in [0.15, 0.2) is 5.82 Å². The molecule has 0 saturated carbocycles. The minimum Gasteiger partial charge on any atom is -0.497 e. The van der Waals surface area contributed by atoms with Crippen LogP contribution in [0.3, 0.4) is 0 Å². The molecule has 4 rings (SSSR count). The minimum absolute atomic E-state index is 0.214. The largest absolute Gasteiger partial charge is 0.497 e. The maximum Gasteiger partial charge on any atom is 0.168 e. The number of rotatable bonds is 8. The first-order valence-corrected chi connectivity index (χ1v) is 11.1. The molecule has 7 heteroatoms. The van der Waals surface area contributed by atoms with Gasteiger partial charge >= 0.3 is 0 Å². The summed E-state index contributed by atoms with van der Waals surface area (Å²) < 4.78 is 7.23. The highest BCUT2D eigenvalue weighted by Crippen LogP contribution is 2.28. The van der Waals surface area contributed by atoms with Crippen molar-refractivity contribution >= 4 is 5.69 Å². The Morgan fingerprint density at radius 1 is 0.935 bits per heavy atom. The first-order chi connectivity index (χ1) is 15.1. The van der Waals surface area contributed by atoms with Crippen LogP contribution in [0.5, 0.6) is 5.75 Å². The zero-order valence-electron chi connectivity index (χ0n) is 18.7. The highest BCUT2D eigenvalue weighted by Gasteiger charge is 2.29. The summed E-state index contributed by atoms with van der Waals surface area (Å²) in [4.78, 5) is 5.01. The fraction of sp³-hybridized carbons (Fsp3) is 0.458. The van der Waals surface area contributed by atoms with Crippen molar-refractivity contribution in [1.29, 1.82) is 0 Å². The number of anilines is 1. The number of hydrogen-bond donors (Lipinski definition) is 0. The van der Waals surface area contributed by atoms with E-state index in [9.17, 15) is 0 Å². The van der Waals surface area contributed by atoms with Gasteiger partial charge in [-0.3, -0.25) is 4.90 Å². The van der Waals surface area contributed by atoms with Gasteiger partial charge in [-0.25, -0.2) is 4.68 Å². The Balaban J connectivity index is 1.49. The molecule has 0 radical (unpaired) electrons. The Hall–Kier alpha value is -2.93. The van der Waals surface area contributed by atoms with Gasteiger partial charge < -0.3 is 9.64 Å². The average Bonchev–Trinajstić information content (AvgIpc) is 3.26. The predicted octanol–water partition coefficient (Wildman–Crippen LogP) is 3.64. The molecule has 31 heavy (non-hydrogen) atoms. The van der Waals surface area contributed by atoms with Crippen molar-refractivity contribution in [3.05, 3.63) is 66.0 Å². The lowest BCUT2D eigenvalue weighted by Crippen LogP contribution is -2.48. The van der Waals surface area contributed by atoms with Gasteiger partial charge in [0.05, 0.1) is 19.7 Å². The lowest BCUT2D eigenvalue weighted by Gasteiger charge is -2.40. The summed E-state index contributed by atoms with van der Waals surface area (Å²) in [6.45, 7) is 9.22. The van der Waals surface area contributed by atoms with E-state index in [1.165, 1.54) is 5.69 Å². The monoisotopic (exact) mass is 420 g/mol. The summed E-state index contributed by atoms with van der Waals surface area (Å²) in [5.74, 6) is 2.37. The van der Waals surface area contributed by atoms with E-state index in [0.717, 1.165) is 49.7 Å². The quantitative estimate of drug-likeness (QED) is 0.555. The van der Waals surface area contributed by atoms with Gasteiger partial charge in [0, 0.05) is 31.9 Å². The molecule has 164 valence electrons. The molecule has 1 aliphatic heterocycles. The number of nitrogens with zero attached hydrogens (tertiary/aromatic N) is 6. The summed E-state index contributed by atoms with van der Waals surface area (Å²) in [5, 5.41) is 12.8. The van der Waals surface area contributed by atoms with Crippen molar-refractivity contribution in [2.45, 2.75) is 32.9 Å². The topological polar surface area (TPSA) is 59.3 Å². The number of methoxy groups -OCH3 is 1. The normalized spacial score (nSPS) is 15.9. The first kappa shape index (κ1) is 21.3. The van der Waals surface area contributed by atoms with E-state index >= 15 is 0 Å². The molecule has 0 N–H and O–H groups in total. The molecule has 0 bridgehead atoms. The molecule has 1 atom stereocenters. The van der Waals surface area contributed by atoms with Crippen LogP contribution in [0.2, 0.25) is 0 Å². The molecule has 1 saturated heterocycles. The molecule has 2 aromatic carbocycles. The van der Waals surface area contributed by atoms with Crippen molar-refractivity contribution in [3.8, 4) is 5.75 Å². The van der Waals surface area contributed by atoms with Crippen molar-refractivity contribution < 1.29 is 4.74 Å². The maximum atomic E-state index is 5.27.